The topological polar surface area (TPSA) is 40.5 Å². The highest BCUT2D eigenvalue weighted by Gasteiger charge is 2.34. The van der Waals surface area contributed by atoms with Crippen LogP contribution in [0.15, 0.2) is 24.3 Å². The number of piperidine rings is 1. The molecule has 0 radical (unpaired) electrons. The number of fused-ring (bicyclic) bond motifs is 1. The number of hydrogen-bond acceptors (Lipinski definition) is 3. The summed E-state index contributed by atoms with van der Waals surface area (Å²) in [5.41, 5.74) is 0.881. The van der Waals surface area contributed by atoms with Gasteiger partial charge in [0, 0.05) is 36.3 Å². The van der Waals surface area contributed by atoms with Gasteiger partial charge in [-0.2, -0.15) is 0 Å². The average molecular weight is 297 g/mol. The molecule has 2 heterocycles. The van der Waals surface area contributed by atoms with Crippen molar-refractivity contribution in [1.82, 2.24) is 0 Å². The van der Waals surface area contributed by atoms with Gasteiger partial charge >= 0.3 is 5.97 Å². The predicted octanol–water partition coefficient (Wildman–Crippen LogP) is 3.84. The second-order valence-electron chi connectivity index (χ2n) is 4.98. The zero-order valence-electron chi connectivity index (χ0n) is 10.6. The standard InChI is InChI=1S/C14H13F2NO2S/c15-14(16)3-5-17(6-4-14)10-2-1-9-7-12(13(18)19)20-11(9)8-10/h1-2,7-8H,3-6H2,(H,18,19). The highest BCUT2D eigenvalue weighted by molar-refractivity contribution is 7.20. The highest BCUT2D eigenvalue weighted by atomic mass is 32.1. The van der Waals surface area contributed by atoms with Crippen LogP contribution in [0.1, 0.15) is 22.5 Å². The fraction of sp³-hybridized carbons (Fsp3) is 0.357. The van der Waals surface area contributed by atoms with E-state index < -0.39 is 11.9 Å². The quantitative estimate of drug-likeness (QED) is 0.915. The minimum absolute atomic E-state index is 0.129. The summed E-state index contributed by atoms with van der Waals surface area (Å²) in [7, 11) is 0. The Morgan fingerprint density at radius 2 is 1.95 bits per heavy atom. The molecule has 0 aliphatic carbocycles. The monoisotopic (exact) mass is 297 g/mol. The van der Waals surface area contributed by atoms with Crippen molar-refractivity contribution in [3.05, 3.63) is 29.1 Å². The van der Waals surface area contributed by atoms with Crippen LogP contribution in [0, 0.1) is 0 Å². The summed E-state index contributed by atoms with van der Waals surface area (Å²) in [5, 5.41) is 9.85. The Bertz CT molecular complexity index is 658. The fourth-order valence-electron chi connectivity index (χ4n) is 2.41. The van der Waals surface area contributed by atoms with E-state index in [1.165, 1.54) is 11.3 Å². The number of aromatic carboxylic acids is 1. The van der Waals surface area contributed by atoms with Crippen LogP contribution in [0.4, 0.5) is 14.5 Å². The number of carbonyl (C=O) groups is 1. The summed E-state index contributed by atoms with van der Waals surface area (Å²) in [6.07, 6.45) is -0.258. The Morgan fingerprint density at radius 1 is 1.25 bits per heavy atom. The van der Waals surface area contributed by atoms with Crippen molar-refractivity contribution in [3.63, 3.8) is 0 Å². The first-order valence-electron chi connectivity index (χ1n) is 6.34. The number of anilines is 1. The Hall–Kier alpha value is -1.69. The maximum Gasteiger partial charge on any atom is 0.345 e. The van der Waals surface area contributed by atoms with Gasteiger partial charge in [0.15, 0.2) is 0 Å². The van der Waals surface area contributed by atoms with Crippen molar-refractivity contribution in [1.29, 1.82) is 0 Å². The first-order valence-corrected chi connectivity index (χ1v) is 7.16. The smallest absolute Gasteiger partial charge is 0.345 e. The van der Waals surface area contributed by atoms with Gasteiger partial charge < -0.3 is 10.0 Å². The summed E-state index contributed by atoms with van der Waals surface area (Å²) >= 11 is 1.21. The number of halogens is 2. The molecule has 1 N–H and O–H groups in total. The van der Waals surface area contributed by atoms with E-state index in [1.807, 2.05) is 23.1 Å². The molecule has 3 rings (SSSR count). The van der Waals surface area contributed by atoms with E-state index in [0.29, 0.717) is 18.0 Å². The number of hydrogen-bond donors (Lipinski definition) is 1. The van der Waals surface area contributed by atoms with E-state index in [4.69, 9.17) is 5.11 Å². The second-order valence-corrected chi connectivity index (χ2v) is 6.06. The van der Waals surface area contributed by atoms with E-state index in [-0.39, 0.29) is 12.8 Å². The van der Waals surface area contributed by atoms with Crippen LogP contribution in [0.2, 0.25) is 0 Å². The zero-order chi connectivity index (χ0) is 14.3. The molecule has 1 aliphatic heterocycles. The highest BCUT2D eigenvalue weighted by Crippen LogP contribution is 2.33. The number of carboxylic acids is 1. The van der Waals surface area contributed by atoms with Gasteiger partial charge in [0.1, 0.15) is 4.88 Å². The van der Waals surface area contributed by atoms with E-state index in [0.717, 1.165) is 15.8 Å². The third kappa shape index (κ3) is 2.47. The molecule has 2 aromatic rings. The van der Waals surface area contributed by atoms with Crippen LogP contribution in [0.3, 0.4) is 0 Å². The minimum Gasteiger partial charge on any atom is -0.477 e. The summed E-state index contributed by atoms with van der Waals surface area (Å²) in [6.45, 7) is 0.658. The number of carboxylic acid groups (broad SMARTS) is 1. The maximum absolute atomic E-state index is 13.1. The Kier molecular flexibility index (Phi) is 3.12. The van der Waals surface area contributed by atoms with Crippen LogP contribution < -0.4 is 4.90 Å². The molecule has 3 nitrogen and oxygen atoms in total. The number of rotatable bonds is 2. The molecule has 1 saturated heterocycles. The number of alkyl halides is 2. The van der Waals surface area contributed by atoms with Crippen molar-refractivity contribution in [2.75, 3.05) is 18.0 Å². The number of benzene rings is 1. The Balaban J connectivity index is 1.87. The maximum atomic E-state index is 13.1. The van der Waals surface area contributed by atoms with E-state index in [9.17, 15) is 13.6 Å². The van der Waals surface area contributed by atoms with Gasteiger partial charge in [0.25, 0.3) is 5.92 Å². The van der Waals surface area contributed by atoms with Crippen molar-refractivity contribution >= 4 is 33.1 Å². The van der Waals surface area contributed by atoms with Crippen LogP contribution >= 0.6 is 11.3 Å². The summed E-state index contributed by atoms with van der Waals surface area (Å²) < 4.78 is 27.2. The van der Waals surface area contributed by atoms with Gasteiger partial charge in [-0.25, -0.2) is 13.6 Å². The summed E-state index contributed by atoms with van der Waals surface area (Å²) in [4.78, 5) is 13.2. The molecule has 0 unspecified atom stereocenters. The van der Waals surface area contributed by atoms with Gasteiger partial charge in [0.2, 0.25) is 0 Å². The van der Waals surface area contributed by atoms with Crippen LogP contribution in [0.25, 0.3) is 10.1 Å². The number of nitrogens with zero attached hydrogens (tertiary/aromatic N) is 1. The molecule has 106 valence electrons. The first-order chi connectivity index (χ1) is 9.44. The normalized spacial score (nSPS) is 18.4. The van der Waals surface area contributed by atoms with E-state index >= 15 is 0 Å². The third-order valence-electron chi connectivity index (χ3n) is 3.57. The largest absolute Gasteiger partial charge is 0.477 e. The fourth-order valence-corrected chi connectivity index (χ4v) is 3.35. The lowest BCUT2D eigenvalue weighted by atomic mass is 10.1. The lowest BCUT2D eigenvalue weighted by Gasteiger charge is -2.33. The molecule has 6 heteroatoms. The van der Waals surface area contributed by atoms with Gasteiger partial charge in [-0.3, -0.25) is 0 Å². The van der Waals surface area contributed by atoms with Gasteiger partial charge in [0.05, 0.1) is 0 Å². The van der Waals surface area contributed by atoms with Gasteiger partial charge in [-0.05, 0) is 23.6 Å². The molecule has 0 atom stereocenters. The van der Waals surface area contributed by atoms with Crippen LogP contribution in [-0.4, -0.2) is 30.1 Å². The van der Waals surface area contributed by atoms with Crippen molar-refractivity contribution in [2.45, 2.75) is 18.8 Å². The molecular weight excluding hydrogens is 284 g/mol. The molecule has 1 aliphatic rings. The molecule has 0 spiro atoms. The first kappa shape index (κ1) is 13.3. The lowest BCUT2D eigenvalue weighted by Crippen LogP contribution is -2.39. The average Bonchev–Trinajstić information content (AvgIpc) is 2.81. The molecule has 1 aromatic heterocycles. The molecule has 1 aromatic carbocycles. The lowest BCUT2D eigenvalue weighted by molar-refractivity contribution is -0.0220. The van der Waals surface area contributed by atoms with Crippen molar-refractivity contribution in [3.8, 4) is 0 Å². The zero-order valence-corrected chi connectivity index (χ0v) is 11.4. The van der Waals surface area contributed by atoms with E-state index in [2.05, 4.69) is 0 Å². The molecular formula is C14H13F2NO2S. The molecule has 0 saturated carbocycles. The number of thiophene rings is 1. The second kappa shape index (κ2) is 4.70. The molecule has 20 heavy (non-hydrogen) atoms. The van der Waals surface area contributed by atoms with E-state index in [1.54, 1.807) is 6.07 Å². The predicted molar refractivity (Wildman–Crippen MR) is 75.2 cm³/mol. The van der Waals surface area contributed by atoms with Crippen LogP contribution in [0.5, 0.6) is 0 Å². The molecule has 0 bridgehead atoms. The Morgan fingerprint density at radius 3 is 2.60 bits per heavy atom. The van der Waals surface area contributed by atoms with Crippen molar-refractivity contribution in [2.24, 2.45) is 0 Å². The van der Waals surface area contributed by atoms with Gasteiger partial charge in [-0.15, -0.1) is 11.3 Å². The Labute approximate surface area is 118 Å². The minimum atomic E-state index is -2.56. The molecule has 0 amide bonds. The summed E-state index contributed by atoms with van der Waals surface area (Å²) in [5.74, 6) is -3.50. The third-order valence-corrected chi connectivity index (χ3v) is 4.66. The van der Waals surface area contributed by atoms with Gasteiger partial charge in [-0.1, -0.05) is 6.07 Å². The summed E-state index contributed by atoms with van der Waals surface area (Å²) in [6, 6.07) is 7.23. The molecule has 1 fully saturated rings. The SMILES string of the molecule is O=C(O)c1cc2ccc(N3CCC(F)(F)CC3)cc2s1. The van der Waals surface area contributed by atoms with Crippen molar-refractivity contribution < 1.29 is 18.7 Å². The van der Waals surface area contributed by atoms with Crippen LogP contribution in [-0.2, 0) is 0 Å².